The number of phenolic OH excluding ortho intramolecular Hbond substituents is 1. The molecule has 8 aromatic carbocycles. The van der Waals surface area contributed by atoms with E-state index in [9.17, 15) is 82.9 Å². The SMILES string of the molecule is Nc1ccc2c(O)c(N=Nc3ccc(N=Nc4ccc(N=Nc5cc6c(S(=O)(=O)O)cc(S(=O)(=O)O)cc6cc5S(=O)(=O)O)c5ccc(S(=O)(=O)O)cc45)c4ccc(S(=O)(=O)O)cc34)c(S(=O)(=O)O)cc2c1. The van der Waals surface area contributed by atoms with Gasteiger partial charge in [-0.3, -0.25) is 27.3 Å². The minimum atomic E-state index is -5.30. The van der Waals surface area contributed by atoms with Gasteiger partial charge in [-0.15, -0.1) is 30.7 Å². The number of rotatable bonds is 12. The minimum Gasteiger partial charge on any atom is -0.505 e. The first-order valence-corrected chi connectivity index (χ1v) is 27.8. The molecule has 0 saturated carbocycles. The average Bonchev–Trinajstić information content (AvgIpc) is 3.27. The van der Waals surface area contributed by atoms with Crippen molar-refractivity contribution in [3.05, 3.63) is 109 Å². The summed E-state index contributed by atoms with van der Waals surface area (Å²) in [7, 11) is -30.6. The molecule has 372 valence electrons. The number of hydrogen-bond acceptors (Lipinski definition) is 20. The molecular formula is C40H27N7O19S6. The van der Waals surface area contributed by atoms with Crippen LogP contribution in [0.2, 0.25) is 0 Å². The summed E-state index contributed by atoms with van der Waals surface area (Å²) in [6, 6.07) is 18.3. The van der Waals surface area contributed by atoms with E-state index in [1.165, 1.54) is 48.5 Å². The Hall–Kier alpha value is -7.34. The molecule has 0 aliphatic heterocycles. The van der Waals surface area contributed by atoms with Gasteiger partial charge in [0.2, 0.25) is 0 Å². The first-order chi connectivity index (χ1) is 33.3. The Morgan fingerprint density at radius 1 is 0.319 bits per heavy atom. The molecule has 9 N–H and O–H groups in total. The molecule has 0 heterocycles. The molecule has 0 fully saturated rings. The van der Waals surface area contributed by atoms with Crippen molar-refractivity contribution in [2.45, 2.75) is 29.4 Å². The zero-order chi connectivity index (χ0) is 52.7. The van der Waals surface area contributed by atoms with Crippen LogP contribution in [0, 0.1) is 0 Å². The van der Waals surface area contributed by atoms with Crippen molar-refractivity contribution in [3.63, 3.8) is 0 Å². The van der Waals surface area contributed by atoms with Gasteiger partial charge in [0.25, 0.3) is 60.7 Å². The minimum absolute atomic E-state index is 0.0312. The van der Waals surface area contributed by atoms with E-state index in [1.54, 1.807) is 0 Å². The van der Waals surface area contributed by atoms with Crippen LogP contribution in [0.4, 0.5) is 39.8 Å². The van der Waals surface area contributed by atoms with Gasteiger partial charge in [-0.1, -0.05) is 12.1 Å². The molecule has 0 atom stereocenters. The number of nitrogen functional groups attached to an aromatic ring is 1. The van der Waals surface area contributed by atoms with Gasteiger partial charge in [0.1, 0.15) is 26.1 Å². The standard InChI is InChI=1S/C40H27N7O19S6/c41-21-1-4-25-19(11-21)14-38(72(64,65)66)39(40(25)48)47-45-34-10-8-31(27-6-3-23(16-30(27)34)68(52,53)54)42-44-33-9-7-32(26-5-2-22(15-29(26)33)67(49,50)51)43-46-35-18-28-20(13-37(35)71(61,62)63)12-24(69(55,56)57)17-36(28)70(58,59)60/h1-18,48H,41H2,(H,49,50,51)(H,52,53,54)(H,55,56,57)(H,58,59,60)(H,61,62,63)(H,64,65,66). The van der Waals surface area contributed by atoms with E-state index in [-0.39, 0.29) is 60.8 Å². The lowest BCUT2D eigenvalue weighted by molar-refractivity contribution is 0.472. The lowest BCUT2D eigenvalue weighted by atomic mass is 10.1. The average molecular weight is 1100 g/mol. The smallest absolute Gasteiger partial charge is 0.296 e. The van der Waals surface area contributed by atoms with Crippen LogP contribution in [-0.2, 0) is 60.7 Å². The zero-order valence-electron chi connectivity index (χ0n) is 35.1. The number of nitrogens with two attached hydrogens (primary N) is 1. The Morgan fingerprint density at radius 3 is 1.18 bits per heavy atom. The number of azo groups is 3. The van der Waals surface area contributed by atoms with Crippen molar-refractivity contribution >= 4 is 144 Å². The van der Waals surface area contributed by atoms with Gasteiger partial charge in [0, 0.05) is 38.0 Å². The molecule has 0 amide bonds. The maximum absolute atomic E-state index is 12.5. The normalized spacial score (nSPS) is 13.5. The highest BCUT2D eigenvalue weighted by atomic mass is 32.2. The summed E-state index contributed by atoms with van der Waals surface area (Å²) in [6.45, 7) is 0. The maximum Gasteiger partial charge on any atom is 0.296 e. The highest BCUT2D eigenvalue weighted by Gasteiger charge is 2.26. The molecule has 32 heteroatoms. The number of fused-ring (bicyclic) bond motifs is 4. The molecule has 0 aliphatic rings. The monoisotopic (exact) mass is 1100 g/mol. The third kappa shape index (κ3) is 10.2. The van der Waals surface area contributed by atoms with E-state index in [1.807, 2.05) is 0 Å². The lowest BCUT2D eigenvalue weighted by Crippen LogP contribution is -2.05. The molecule has 0 aliphatic carbocycles. The van der Waals surface area contributed by atoms with Gasteiger partial charge in [0.15, 0.2) is 5.75 Å². The summed E-state index contributed by atoms with van der Waals surface area (Å²) in [4.78, 5) is -5.48. The van der Waals surface area contributed by atoms with Gasteiger partial charge < -0.3 is 10.8 Å². The van der Waals surface area contributed by atoms with Crippen molar-refractivity contribution in [3.8, 4) is 5.75 Å². The molecular weight excluding hydrogens is 1070 g/mol. The molecule has 0 spiro atoms. The molecule has 0 radical (unpaired) electrons. The number of aromatic hydroxyl groups is 1. The molecule has 8 rings (SSSR count). The summed E-state index contributed by atoms with van der Waals surface area (Å²) >= 11 is 0. The van der Waals surface area contributed by atoms with Crippen molar-refractivity contribution < 1.29 is 82.9 Å². The van der Waals surface area contributed by atoms with Crippen molar-refractivity contribution in [2.75, 3.05) is 5.73 Å². The topological polar surface area (TPSA) is 447 Å². The fourth-order valence-corrected chi connectivity index (χ4v) is 10.9. The fraction of sp³-hybridized carbons (Fsp3) is 0. The van der Waals surface area contributed by atoms with Gasteiger partial charge in [-0.2, -0.15) is 50.5 Å². The van der Waals surface area contributed by atoms with E-state index < -0.39 is 118 Å². The summed E-state index contributed by atoms with van der Waals surface area (Å²) in [5.74, 6) is -0.737. The van der Waals surface area contributed by atoms with Gasteiger partial charge in [-0.25, -0.2) is 0 Å². The van der Waals surface area contributed by atoms with Crippen molar-refractivity contribution in [1.82, 2.24) is 0 Å². The predicted molar refractivity (Wildman–Crippen MR) is 253 cm³/mol. The van der Waals surface area contributed by atoms with Crippen LogP contribution < -0.4 is 5.73 Å². The Morgan fingerprint density at radius 2 is 0.722 bits per heavy atom. The van der Waals surface area contributed by atoms with E-state index >= 15 is 0 Å². The molecule has 0 saturated heterocycles. The maximum atomic E-state index is 12.5. The van der Waals surface area contributed by atoms with E-state index in [0.717, 1.165) is 36.4 Å². The highest BCUT2D eigenvalue weighted by Crippen LogP contribution is 2.44. The Bertz CT molecular complexity index is 4530. The van der Waals surface area contributed by atoms with Crippen LogP contribution in [0.5, 0.6) is 5.75 Å². The van der Waals surface area contributed by atoms with Crippen LogP contribution in [-0.4, -0.2) is 82.9 Å². The molecule has 26 nitrogen and oxygen atoms in total. The molecule has 0 aromatic heterocycles. The van der Waals surface area contributed by atoms with Crippen LogP contribution in [0.1, 0.15) is 0 Å². The number of phenols is 1. The van der Waals surface area contributed by atoms with Gasteiger partial charge in [0.05, 0.1) is 37.4 Å². The summed E-state index contributed by atoms with van der Waals surface area (Å²) in [5, 5.41) is 34.1. The van der Waals surface area contributed by atoms with Crippen LogP contribution >= 0.6 is 0 Å². The van der Waals surface area contributed by atoms with E-state index in [0.29, 0.717) is 24.3 Å². The molecule has 72 heavy (non-hydrogen) atoms. The first kappa shape index (κ1) is 51.0. The summed E-state index contributed by atoms with van der Waals surface area (Å²) in [5.41, 5.74) is 3.82. The Balaban J connectivity index is 1.27. The number of benzene rings is 8. The first-order valence-electron chi connectivity index (χ1n) is 19.2. The predicted octanol–water partition coefficient (Wildman–Crippen LogP) is 8.31. The van der Waals surface area contributed by atoms with Gasteiger partial charge in [-0.05, 0) is 108 Å². The van der Waals surface area contributed by atoms with E-state index in [2.05, 4.69) is 30.7 Å². The number of anilines is 1. The third-order valence-electron chi connectivity index (χ3n) is 10.4. The quantitative estimate of drug-likeness (QED) is 0.0324. The Labute approximate surface area is 405 Å². The Kier molecular flexibility index (Phi) is 12.6. The van der Waals surface area contributed by atoms with E-state index in [4.69, 9.17) is 5.73 Å². The third-order valence-corrected chi connectivity index (χ3v) is 15.6. The number of nitrogens with zero attached hydrogens (tertiary/aromatic N) is 6. The highest BCUT2D eigenvalue weighted by molar-refractivity contribution is 7.87. The van der Waals surface area contributed by atoms with Gasteiger partial charge >= 0.3 is 0 Å². The van der Waals surface area contributed by atoms with Crippen LogP contribution in [0.25, 0.3) is 43.1 Å². The largest absolute Gasteiger partial charge is 0.505 e. The van der Waals surface area contributed by atoms with Crippen molar-refractivity contribution in [1.29, 1.82) is 0 Å². The lowest BCUT2D eigenvalue weighted by Gasteiger charge is -2.11. The number of hydrogen-bond donors (Lipinski definition) is 8. The van der Waals surface area contributed by atoms with Crippen molar-refractivity contribution in [2.24, 2.45) is 30.7 Å². The molecule has 8 aromatic rings. The summed E-state index contributed by atoms with van der Waals surface area (Å²) < 4.78 is 207. The second-order valence-electron chi connectivity index (χ2n) is 15.1. The van der Waals surface area contributed by atoms with Crippen LogP contribution in [0.15, 0.2) is 169 Å². The fourth-order valence-electron chi connectivity index (χ4n) is 7.21. The zero-order valence-corrected chi connectivity index (χ0v) is 40.0. The molecule has 0 unspecified atom stereocenters. The second-order valence-corrected chi connectivity index (χ2v) is 23.5. The van der Waals surface area contributed by atoms with Crippen LogP contribution in [0.3, 0.4) is 0 Å². The molecule has 0 bridgehead atoms. The summed E-state index contributed by atoms with van der Waals surface area (Å²) in [6.07, 6.45) is 0. The second kappa shape index (κ2) is 17.8.